The standard InChI is InChI=1S/C18H20N2O5/c1-10-4-5-13(6-11(10)2)17(22)20-9-16(21)19-8-14-7-15(18(23)24)12(3)25-14/h4-7H,8-9H2,1-3H3,(H,19,21)(H,20,22)(H,23,24). The van der Waals surface area contributed by atoms with E-state index in [0.29, 0.717) is 11.3 Å². The number of carbonyl (C=O) groups excluding carboxylic acids is 2. The van der Waals surface area contributed by atoms with Gasteiger partial charge in [0, 0.05) is 5.56 Å². The SMILES string of the molecule is Cc1ccc(C(=O)NCC(=O)NCc2cc(C(=O)O)c(C)o2)cc1C. The third-order valence-electron chi connectivity index (χ3n) is 3.84. The molecule has 7 nitrogen and oxygen atoms in total. The van der Waals surface area contributed by atoms with Crippen LogP contribution in [0.4, 0.5) is 0 Å². The zero-order chi connectivity index (χ0) is 18.6. The van der Waals surface area contributed by atoms with E-state index in [-0.39, 0.29) is 30.3 Å². The van der Waals surface area contributed by atoms with Crippen molar-refractivity contribution < 1.29 is 23.9 Å². The lowest BCUT2D eigenvalue weighted by Gasteiger charge is -2.07. The number of carboxylic acid groups (broad SMARTS) is 1. The molecule has 0 aliphatic rings. The minimum absolute atomic E-state index is 0.0481. The molecule has 25 heavy (non-hydrogen) atoms. The van der Waals surface area contributed by atoms with Gasteiger partial charge in [0.1, 0.15) is 17.1 Å². The zero-order valence-electron chi connectivity index (χ0n) is 14.3. The van der Waals surface area contributed by atoms with Crippen LogP contribution in [0.5, 0.6) is 0 Å². The maximum Gasteiger partial charge on any atom is 0.339 e. The van der Waals surface area contributed by atoms with E-state index in [1.807, 2.05) is 19.9 Å². The van der Waals surface area contributed by atoms with E-state index in [1.165, 1.54) is 6.07 Å². The number of benzene rings is 1. The molecule has 3 N–H and O–H groups in total. The van der Waals surface area contributed by atoms with Crippen LogP contribution in [0.2, 0.25) is 0 Å². The zero-order valence-corrected chi connectivity index (χ0v) is 14.3. The summed E-state index contributed by atoms with van der Waals surface area (Å²) in [7, 11) is 0. The van der Waals surface area contributed by atoms with Gasteiger partial charge in [-0.05, 0) is 50.1 Å². The van der Waals surface area contributed by atoms with Crippen molar-refractivity contribution in [3.63, 3.8) is 0 Å². The molecule has 0 spiro atoms. The number of aryl methyl sites for hydroxylation is 3. The first-order valence-electron chi connectivity index (χ1n) is 7.72. The second-order valence-corrected chi connectivity index (χ2v) is 5.75. The second kappa shape index (κ2) is 7.65. The molecule has 2 rings (SSSR count). The van der Waals surface area contributed by atoms with Gasteiger partial charge in [-0.1, -0.05) is 6.07 Å². The van der Waals surface area contributed by atoms with Crippen LogP contribution in [-0.4, -0.2) is 29.4 Å². The smallest absolute Gasteiger partial charge is 0.339 e. The summed E-state index contributed by atoms with van der Waals surface area (Å²) in [4.78, 5) is 34.8. The number of amides is 2. The normalized spacial score (nSPS) is 10.4. The van der Waals surface area contributed by atoms with E-state index < -0.39 is 11.9 Å². The molecule has 0 saturated carbocycles. The summed E-state index contributed by atoms with van der Waals surface area (Å²) in [5.41, 5.74) is 2.64. The van der Waals surface area contributed by atoms with E-state index in [1.54, 1.807) is 19.1 Å². The van der Waals surface area contributed by atoms with Gasteiger partial charge in [0.15, 0.2) is 0 Å². The van der Waals surface area contributed by atoms with Gasteiger partial charge in [-0.3, -0.25) is 9.59 Å². The topological polar surface area (TPSA) is 109 Å². The number of hydrogen-bond donors (Lipinski definition) is 3. The van der Waals surface area contributed by atoms with Gasteiger partial charge in [0.05, 0.1) is 13.1 Å². The van der Waals surface area contributed by atoms with Gasteiger partial charge in [0.2, 0.25) is 5.91 Å². The Balaban J connectivity index is 1.84. The largest absolute Gasteiger partial charge is 0.478 e. The molecule has 2 amide bonds. The predicted octanol–water partition coefficient (Wildman–Crippen LogP) is 1.95. The lowest BCUT2D eigenvalue weighted by molar-refractivity contribution is -0.120. The van der Waals surface area contributed by atoms with Crippen LogP contribution in [0.3, 0.4) is 0 Å². The molecular formula is C18H20N2O5. The maximum absolute atomic E-state index is 12.0. The van der Waals surface area contributed by atoms with Crippen molar-refractivity contribution in [3.05, 3.63) is 58.0 Å². The molecular weight excluding hydrogens is 324 g/mol. The molecule has 0 atom stereocenters. The molecule has 7 heteroatoms. The first kappa shape index (κ1) is 18.3. The van der Waals surface area contributed by atoms with Crippen LogP contribution in [0.25, 0.3) is 0 Å². The quantitative estimate of drug-likeness (QED) is 0.742. The Bertz CT molecular complexity index is 823. The molecule has 0 bridgehead atoms. The highest BCUT2D eigenvalue weighted by molar-refractivity contribution is 5.96. The van der Waals surface area contributed by atoms with Crippen molar-refractivity contribution >= 4 is 17.8 Å². The van der Waals surface area contributed by atoms with Crippen molar-refractivity contribution in [2.24, 2.45) is 0 Å². The van der Waals surface area contributed by atoms with Gasteiger partial charge >= 0.3 is 5.97 Å². The van der Waals surface area contributed by atoms with Gasteiger partial charge in [-0.2, -0.15) is 0 Å². The predicted molar refractivity (Wildman–Crippen MR) is 90.5 cm³/mol. The first-order chi connectivity index (χ1) is 11.8. The monoisotopic (exact) mass is 344 g/mol. The molecule has 1 heterocycles. The van der Waals surface area contributed by atoms with Gasteiger partial charge < -0.3 is 20.2 Å². The first-order valence-corrected chi connectivity index (χ1v) is 7.72. The van der Waals surface area contributed by atoms with Gasteiger partial charge in [-0.15, -0.1) is 0 Å². The summed E-state index contributed by atoms with van der Waals surface area (Å²) in [6.45, 7) is 5.27. The Morgan fingerprint density at radius 2 is 1.76 bits per heavy atom. The molecule has 1 aromatic heterocycles. The average molecular weight is 344 g/mol. The number of carbonyl (C=O) groups is 3. The summed E-state index contributed by atoms with van der Waals surface area (Å²) >= 11 is 0. The Hall–Kier alpha value is -3.09. The molecule has 132 valence electrons. The minimum Gasteiger partial charge on any atom is -0.478 e. The van der Waals surface area contributed by atoms with Gasteiger partial charge in [-0.25, -0.2) is 4.79 Å². The molecule has 0 radical (unpaired) electrons. The number of furan rings is 1. The fourth-order valence-corrected chi connectivity index (χ4v) is 2.24. The summed E-state index contributed by atoms with van der Waals surface area (Å²) in [5.74, 6) is -1.20. The van der Waals surface area contributed by atoms with Crippen LogP contribution in [-0.2, 0) is 11.3 Å². The van der Waals surface area contributed by atoms with E-state index in [9.17, 15) is 14.4 Å². The summed E-state index contributed by atoms with van der Waals surface area (Å²) in [6.07, 6.45) is 0. The Morgan fingerprint density at radius 3 is 2.36 bits per heavy atom. The van der Waals surface area contributed by atoms with Crippen molar-refractivity contribution in [3.8, 4) is 0 Å². The van der Waals surface area contributed by atoms with Crippen molar-refractivity contribution in [1.29, 1.82) is 0 Å². The fraction of sp³-hybridized carbons (Fsp3) is 0.278. The van der Waals surface area contributed by atoms with Crippen molar-refractivity contribution in [1.82, 2.24) is 10.6 Å². The number of rotatable bonds is 6. The van der Waals surface area contributed by atoms with Gasteiger partial charge in [0.25, 0.3) is 5.91 Å². The molecule has 0 unspecified atom stereocenters. The Labute approximate surface area is 145 Å². The van der Waals surface area contributed by atoms with Crippen LogP contribution in [0.1, 0.15) is 43.4 Å². The number of nitrogens with one attached hydrogen (secondary N) is 2. The summed E-state index contributed by atoms with van der Waals surface area (Å²) in [5, 5.41) is 14.1. The number of hydrogen-bond acceptors (Lipinski definition) is 4. The Kier molecular flexibility index (Phi) is 5.59. The third kappa shape index (κ3) is 4.69. The lowest BCUT2D eigenvalue weighted by atomic mass is 10.1. The number of aromatic carboxylic acids is 1. The molecule has 0 aliphatic heterocycles. The maximum atomic E-state index is 12.0. The average Bonchev–Trinajstić information content (AvgIpc) is 2.94. The van der Waals surface area contributed by atoms with Crippen molar-refractivity contribution in [2.45, 2.75) is 27.3 Å². The van der Waals surface area contributed by atoms with E-state index in [4.69, 9.17) is 9.52 Å². The molecule has 1 aromatic carbocycles. The third-order valence-corrected chi connectivity index (χ3v) is 3.84. The lowest BCUT2D eigenvalue weighted by Crippen LogP contribution is -2.36. The van der Waals surface area contributed by atoms with Crippen LogP contribution >= 0.6 is 0 Å². The molecule has 0 saturated heterocycles. The van der Waals surface area contributed by atoms with Crippen LogP contribution < -0.4 is 10.6 Å². The van der Waals surface area contributed by atoms with Crippen LogP contribution in [0.15, 0.2) is 28.7 Å². The fourth-order valence-electron chi connectivity index (χ4n) is 2.24. The Morgan fingerprint density at radius 1 is 1.04 bits per heavy atom. The molecule has 0 fully saturated rings. The van der Waals surface area contributed by atoms with E-state index >= 15 is 0 Å². The highest BCUT2D eigenvalue weighted by Crippen LogP contribution is 2.14. The highest BCUT2D eigenvalue weighted by atomic mass is 16.4. The van der Waals surface area contributed by atoms with E-state index in [0.717, 1.165) is 11.1 Å². The van der Waals surface area contributed by atoms with Crippen LogP contribution in [0, 0.1) is 20.8 Å². The highest BCUT2D eigenvalue weighted by Gasteiger charge is 2.14. The molecule has 2 aromatic rings. The number of carboxylic acids is 1. The summed E-state index contributed by atoms with van der Waals surface area (Å²) < 4.78 is 5.26. The second-order valence-electron chi connectivity index (χ2n) is 5.75. The minimum atomic E-state index is -1.08. The van der Waals surface area contributed by atoms with E-state index in [2.05, 4.69) is 10.6 Å². The van der Waals surface area contributed by atoms with Crippen molar-refractivity contribution in [2.75, 3.05) is 6.54 Å². The summed E-state index contributed by atoms with van der Waals surface area (Å²) in [6, 6.07) is 6.69. The molecule has 0 aliphatic carbocycles.